The zero-order valence-electron chi connectivity index (χ0n) is 18.0. The van der Waals surface area contributed by atoms with Crippen molar-refractivity contribution in [3.63, 3.8) is 0 Å². The van der Waals surface area contributed by atoms with Crippen LogP contribution in [0.15, 0.2) is 77.9 Å². The van der Waals surface area contributed by atoms with Gasteiger partial charge >= 0.3 is 5.97 Å². The average molecular weight is 444 g/mol. The minimum Gasteiger partial charge on any atom is -0.490 e. The third-order valence-electron chi connectivity index (χ3n) is 5.35. The van der Waals surface area contributed by atoms with Gasteiger partial charge < -0.3 is 20.6 Å². The smallest absolute Gasteiger partial charge is 0.307 e. The van der Waals surface area contributed by atoms with E-state index in [0.717, 1.165) is 16.7 Å². The number of carboxylic acid groups (broad SMARTS) is 1. The molecule has 168 valence electrons. The number of carboxylic acids is 1. The molecule has 7 heteroatoms. The lowest BCUT2D eigenvalue weighted by Crippen LogP contribution is -2.25. The van der Waals surface area contributed by atoms with Crippen molar-refractivity contribution in [2.24, 2.45) is 5.10 Å². The van der Waals surface area contributed by atoms with Crippen LogP contribution in [0.25, 0.3) is 0 Å². The predicted octanol–water partition coefficient (Wildman–Crippen LogP) is 4.23. The Kier molecular flexibility index (Phi) is 6.99. The monoisotopic (exact) mass is 443 g/mol. The van der Waals surface area contributed by atoms with Crippen molar-refractivity contribution < 1.29 is 19.4 Å². The molecule has 0 aliphatic carbocycles. The van der Waals surface area contributed by atoms with E-state index >= 15 is 0 Å². The van der Waals surface area contributed by atoms with E-state index in [1.54, 1.807) is 30.5 Å². The lowest BCUT2D eigenvalue weighted by atomic mass is 10.00. The molecule has 0 saturated carbocycles. The molecule has 1 aliphatic heterocycles. The maximum atomic E-state index is 12.6. The second kappa shape index (κ2) is 10.5. The Balaban J connectivity index is 1.30. The molecule has 0 radical (unpaired) electrons. The number of hydrogen-bond acceptors (Lipinski definition) is 5. The SMILES string of the molecule is O=C(O)CC1CCc2cc(NC(=O)c3ccc(C=NNCc4ccccc4)cc3)ccc2O1. The lowest BCUT2D eigenvalue weighted by Gasteiger charge is -2.25. The molecule has 0 aromatic heterocycles. The molecule has 3 aromatic rings. The number of carbonyl (C=O) groups is 2. The molecule has 1 aliphatic rings. The van der Waals surface area contributed by atoms with Gasteiger partial charge in [0.15, 0.2) is 0 Å². The quantitative estimate of drug-likeness (QED) is 0.357. The molecule has 1 amide bonds. The van der Waals surface area contributed by atoms with Gasteiger partial charge in [0.25, 0.3) is 5.91 Å². The van der Waals surface area contributed by atoms with Gasteiger partial charge in [0.1, 0.15) is 11.9 Å². The van der Waals surface area contributed by atoms with Gasteiger partial charge in [-0.05, 0) is 59.9 Å². The molecule has 0 fully saturated rings. The van der Waals surface area contributed by atoms with E-state index in [-0.39, 0.29) is 18.4 Å². The minimum atomic E-state index is -0.868. The van der Waals surface area contributed by atoms with Crippen LogP contribution in [0.4, 0.5) is 5.69 Å². The Bertz CT molecular complexity index is 1140. The van der Waals surface area contributed by atoms with Crippen LogP contribution < -0.4 is 15.5 Å². The third kappa shape index (κ3) is 6.20. The zero-order chi connectivity index (χ0) is 23.0. The molecule has 0 spiro atoms. The van der Waals surface area contributed by atoms with E-state index in [1.165, 1.54) is 0 Å². The van der Waals surface area contributed by atoms with Crippen molar-refractivity contribution in [1.82, 2.24) is 5.43 Å². The molecule has 7 nitrogen and oxygen atoms in total. The number of amides is 1. The maximum Gasteiger partial charge on any atom is 0.307 e. The highest BCUT2D eigenvalue weighted by Crippen LogP contribution is 2.31. The summed E-state index contributed by atoms with van der Waals surface area (Å²) in [6, 6.07) is 22.6. The molecular formula is C26H25N3O4. The fourth-order valence-electron chi connectivity index (χ4n) is 3.64. The minimum absolute atomic E-state index is 0.0122. The molecule has 4 rings (SSSR count). The van der Waals surface area contributed by atoms with Crippen LogP contribution in [0.3, 0.4) is 0 Å². The van der Waals surface area contributed by atoms with Crippen molar-refractivity contribution in [3.8, 4) is 5.75 Å². The molecule has 1 heterocycles. The number of hydrazone groups is 1. The molecule has 33 heavy (non-hydrogen) atoms. The van der Waals surface area contributed by atoms with Crippen LogP contribution in [0.2, 0.25) is 0 Å². The molecule has 1 atom stereocenters. The Morgan fingerprint density at radius 3 is 2.61 bits per heavy atom. The first-order valence-corrected chi connectivity index (χ1v) is 10.8. The Morgan fingerprint density at radius 2 is 1.85 bits per heavy atom. The van der Waals surface area contributed by atoms with E-state index in [1.807, 2.05) is 48.5 Å². The van der Waals surface area contributed by atoms with Crippen molar-refractivity contribution in [2.45, 2.75) is 31.9 Å². The number of nitrogens with zero attached hydrogens (tertiary/aromatic N) is 1. The Labute approximate surface area is 192 Å². The number of benzene rings is 3. The first-order chi connectivity index (χ1) is 16.1. The number of ether oxygens (including phenoxy) is 1. The van der Waals surface area contributed by atoms with E-state index in [0.29, 0.717) is 36.4 Å². The summed E-state index contributed by atoms with van der Waals surface area (Å²) < 4.78 is 5.75. The van der Waals surface area contributed by atoms with Crippen LogP contribution >= 0.6 is 0 Å². The van der Waals surface area contributed by atoms with Gasteiger partial charge in [0.05, 0.1) is 19.2 Å². The van der Waals surface area contributed by atoms with Crippen molar-refractivity contribution in [1.29, 1.82) is 0 Å². The fraction of sp³-hybridized carbons (Fsp3) is 0.192. The molecule has 3 N–H and O–H groups in total. The largest absolute Gasteiger partial charge is 0.490 e. The third-order valence-corrected chi connectivity index (χ3v) is 5.35. The van der Waals surface area contributed by atoms with E-state index in [4.69, 9.17) is 9.84 Å². The van der Waals surface area contributed by atoms with Crippen LogP contribution in [0.1, 0.15) is 39.9 Å². The molecule has 0 bridgehead atoms. The summed E-state index contributed by atoms with van der Waals surface area (Å²) in [6.45, 7) is 0.643. The first kappa shape index (κ1) is 22.1. The zero-order valence-corrected chi connectivity index (χ0v) is 18.0. The maximum absolute atomic E-state index is 12.6. The first-order valence-electron chi connectivity index (χ1n) is 10.8. The second-order valence-electron chi connectivity index (χ2n) is 7.85. The number of rotatable bonds is 8. The summed E-state index contributed by atoms with van der Waals surface area (Å²) in [6.07, 6.45) is 2.74. The van der Waals surface area contributed by atoms with Crippen LogP contribution in [0.5, 0.6) is 5.75 Å². The predicted molar refractivity (Wildman–Crippen MR) is 127 cm³/mol. The van der Waals surface area contributed by atoms with Gasteiger partial charge in [0, 0.05) is 11.3 Å². The highest BCUT2D eigenvalue weighted by molar-refractivity contribution is 6.04. The highest BCUT2D eigenvalue weighted by atomic mass is 16.5. The van der Waals surface area contributed by atoms with Gasteiger partial charge in [-0.15, -0.1) is 0 Å². The van der Waals surface area contributed by atoms with Gasteiger partial charge in [-0.25, -0.2) is 0 Å². The number of aliphatic carboxylic acids is 1. The van der Waals surface area contributed by atoms with Crippen molar-refractivity contribution >= 4 is 23.8 Å². The summed E-state index contributed by atoms with van der Waals surface area (Å²) in [5, 5.41) is 16.1. The molecular weight excluding hydrogens is 418 g/mol. The normalized spacial score (nSPS) is 14.8. The Hall–Kier alpha value is -4.13. The summed E-state index contributed by atoms with van der Waals surface area (Å²) >= 11 is 0. The summed E-state index contributed by atoms with van der Waals surface area (Å²) in [4.78, 5) is 23.5. The van der Waals surface area contributed by atoms with E-state index < -0.39 is 5.97 Å². The van der Waals surface area contributed by atoms with Gasteiger partial charge in [0.2, 0.25) is 0 Å². The van der Waals surface area contributed by atoms with Gasteiger partial charge in [-0.1, -0.05) is 42.5 Å². The number of nitrogens with one attached hydrogen (secondary N) is 2. The Morgan fingerprint density at radius 1 is 1.06 bits per heavy atom. The standard InChI is InChI=1S/C26H25N3O4/c30-25(31)15-23-12-10-21-14-22(11-13-24(21)33-23)29-26(32)20-8-6-19(7-9-20)17-28-27-16-18-4-2-1-3-5-18/h1-9,11,13-14,17,23,27H,10,12,15-16H2,(H,29,32)(H,30,31). The second-order valence-corrected chi connectivity index (χ2v) is 7.85. The number of hydrogen-bond donors (Lipinski definition) is 3. The van der Waals surface area contributed by atoms with Crippen molar-refractivity contribution in [3.05, 3.63) is 95.1 Å². The number of carbonyl (C=O) groups excluding carboxylic acids is 1. The molecule has 1 unspecified atom stereocenters. The summed E-state index contributed by atoms with van der Waals surface area (Å²) in [5.41, 5.74) is 7.22. The molecule has 3 aromatic carbocycles. The van der Waals surface area contributed by atoms with Gasteiger partial charge in [-0.2, -0.15) is 5.10 Å². The number of fused-ring (bicyclic) bond motifs is 1. The number of anilines is 1. The van der Waals surface area contributed by atoms with Gasteiger partial charge in [-0.3, -0.25) is 9.59 Å². The van der Waals surface area contributed by atoms with Crippen LogP contribution in [0, 0.1) is 0 Å². The van der Waals surface area contributed by atoms with Crippen molar-refractivity contribution in [2.75, 3.05) is 5.32 Å². The molecule has 0 saturated heterocycles. The topological polar surface area (TPSA) is 100 Å². The fourth-order valence-corrected chi connectivity index (χ4v) is 3.64. The summed E-state index contributed by atoms with van der Waals surface area (Å²) in [7, 11) is 0. The highest BCUT2D eigenvalue weighted by Gasteiger charge is 2.22. The van der Waals surface area contributed by atoms with Crippen LogP contribution in [-0.2, 0) is 17.8 Å². The lowest BCUT2D eigenvalue weighted by molar-refractivity contribution is -0.139. The van der Waals surface area contributed by atoms with E-state index in [9.17, 15) is 9.59 Å². The average Bonchev–Trinajstić information content (AvgIpc) is 2.82. The number of aryl methyl sites for hydroxylation is 1. The van der Waals surface area contributed by atoms with E-state index in [2.05, 4.69) is 15.8 Å². The van der Waals surface area contributed by atoms with Crippen LogP contribution in [-0.4, -0.2) is 29.3 Å². The summed E-state index contributed by atoms with van der Waals surface area (Å²) in [5.74, 6) is -0.399.